The maximum Gasteiger partial charge on any atom is 0.422 e. The van der Waals surface area contributed by atoms with E-state index in [1.807, 2.05) is 6.07 Å². The van der Waals surface area contributed by atoms with Crippen LogP contribution in [0.2, 0.25) is 0 Å². The van der Waals surface area contributed by atoms with Crippen LogP contribution in [0.1, 0.15) is 69.8 Å². The van der Waals surface area contributed by atoms with Crippen molar-refractivity contribution >= 4 is 10.8 Å². The van der Waals surface area contributed by atoms with Gasteiger partial charge in [-0.25, -0.2) is 8.78 Å². The molecule has 0 bridgehead atoms. The molecule has 6 heteroatoms. The minimum Gasteiger partial charge on any atom is -0.481 e. The van der Waals surface area contributed by atoms with Crippen LogP contribution in [0, 0.1) is 17.6 Å². The zero-order chi connectivity index (χ0) is 25.0. The first kappa shape index (κ1) is 25.5. The van der Waals surface area contributed by atoms with Gasteiger partial charge in [0, 0.05) is 10.9 Å². The second-order valence-electron chi connectivity index (χ2n) is 9.67. The largest absolute Gasteiger partial charge is 0.481 e. The van der Waals surface area contributed by atoms with Crippen molar-refractivity contribution < 1.29 is 26.7 Å². The molecule has 0 heterocycles. The van der Waals surface area contributed by atoms with Gasteiger partial charge in [-0.15, -0.1) is 0 Å². The summed E-state index contributed by atoms with van der Waals surface area (Å²) in [5.74, 6) is -0.476. The molecule has 0 radical (unpaired) electrons. The van der Waals surface area contributed by atoms with Crippen LogP contribution in [0.25, 0.3) is 21.9 Å². The van der Waals surface area contributed by atoms with E-state index in [-0.39, 0.29) is 11.2 Å². The molecule has 1 saturated carbocycles. The van der Waals surface area contributed by atoms with Crippen LogP contribution in [0.5, 0.6) is 5.75 Å². The summed E-state index contributed by atoms with van der Waals surface area (Å²) in [7, 11) is 0. The standard InChI is InChI=1S/C29H31F5O/c1-2-3-4-5-19-6-8-20(9-7-19)21-10-13-24(26(30)17-21)22-11-14-25-23(16-22)12-15-27(28(25)31)35-18-29(32,33)34/h10-17,19-20H,2-9,18H2,1H3. The van der Waals surface area contributed by atoms with Crippen LogP contribution in [-0.4, -0.2) is 12.8 Å². The Balaban J connectivity index is 1.47. The van der Waals surface area contributed by atoms with E-state index in [2.05, 4.69) is 11.7 Å². The fraction of sp³-hybridized carbons (Fsp3) is 0.448. The second kappa shape index (κ2) is 11.0. The Morgan fingerprint density at radius 3 is 2.34 bits per heavy atom. The number of ether oxygens (including phenoxy) is 1. The van der Waals surface area contributed by atoms with Gasteiger partial charge < -0.3 is 4.74 Å². The summed E-state index contributed by atoms with van der Waals surface area (Å²) in [5.41, 5.74) is 2.03. The van der Waals surface area contributed by atoms with E-state index in [4.69, 9.17) is 0 Å². The summed E-state index contributed by atoms with van der Waals surface area (Å²) >= 11 is 0. The van der Waals surface area contributed by atoms with E-state index in [1.165, 1.54) is 56.7 Å². The fourth-order valence-electron chi connectivity index (χ4n) is 5.20. The van der Waals surface area contributed by atoms with Gasteiger partial charge in [-0.3, -0.25) is 0 Å². The van der Waals surface area contributed by atoms with Gasteiger partial charge in [0.2, 0.25) is 0 Å². The molecular weight excluding hydrogens is 459 g/mol. The number of unbranched alkanes of at least 4 members (excludes halogenated alkanes) is 2. The van der Waals surface area contributed by atoms with Crippen molar-refractivity contribution in [2.45, 2.75) is 70.4 Å². The lowest BCUT2D eigenvalue weighted by Gasteiger charge is -2.29. The number of hydrogen-bond acceptors (Lipinski definition) is 1. The fourth-order valence-corrected chi connectivity index (χ4v) is 5.20. The Hall–Kier alpha value is -2.63. The highest BCUT2D eigenvalue weighted by Crippen LogP contribution is 2.39. The average molecular weight is 491 g/mol. The number of hydrogen-bond donors (Lipinski definition) is 0. The number of benzene rings is 3. The van der Waals surface area contributed by atoms with Crippen LogP contribution < -0.4 is 4.74 Å². The SMILES string of the molecule is CCCCCC1CCC(c2ccc(-c3ccc4c(F)c(OCC(F)(F)F)ccc4c3)c(F)c2)CC1. The van der Waals surface area contributed by atoms with E-state index >= 15 is 4.39 Å². The Kier molecular flexibility index (Phi) is 7.98. The van der Waals surface area contributed by atoms with Crippen LogP contribution in [-0.2, 0) is 0 Å². The molecule has 0 aromatic heterocycles. The third-order valence-electron chi connectivity index (χ3n) is 7.15. The minimum absolute atomic E-state index is 0.126. The van der Waals surface area contributed by atoms with E-state index in [9.17, 15) is 17.6 Å². The topological polar surface area (TPSA) is 9.23 Å². The second-order valence-corrected chi connectivity index (χ2v) is 9.67. The first-order chi connectivity index (χ1) is 16.7. The summed E-state index contributed by atoms with van der Waals surface area (Å²) in [5, 5.41) is 0.588. The lowest BCUT2D eigenvalue weighted by Crippen LogP contribution is -2.19. The van der Waals surface area contributed by atoms with Gasteiger partial charge in [0.25, 0.3) is 0 Å². The van der Waals surface area contributed by atoms with Crippen LogP contribution >= 0.6 is 0 Å². The molecule has 0 N–H and O–H groups in total. The number of rotatable bonds is 8. The van der Waals surface area contributed by atoms with Gasteiger partial charge in [0.1, 0.15) is 5.82 Å². The van der Waals surface area contributed by atoms with E-state index in [1.54, 1.807) is 24.3 Å². The molecule has 3 aromatic rings. The predicted molar refractivity (Wildman–Crippen MR) is 130 cm³/mol. The molecule has 0 aliphatic heterocycles. The Morgan fingerprint density at radius 1 is 0.886 bits per heavy atom. The molecule has 3 aromatic carbocycles. The Labute approximate surface area is 203 Å². The van der Waals surface area contributed by atoms with Crippen molar-refractivity contribution in [3.63, 3.8) is 0 Å². The zero-order valence-corrected chi connectivity index (χ0v) is 19.9. The highest BCUT2D eigenvalue weighted by molar-refractivity contribution is 5.89. The van der Waals surface area contributed by atoms with Gasteiger partial charge >= 0.3 is 6.18 Å². The summed E-state index contributed by atoms with van der Waals surface area (Å²) < 4.78 is 71.6. The van der Waals surface area contributed by atoms with Crippen molar-refractivity contribution in [3.8, 4) is 16.9 Å². The molecule has 0 unspecified atom stereocenters. The number of alkyl halides is 3. The summed E-state index contributed by atoms with van der Waals surface area (Å²) in [6.45, 7) is 0.657. The van der Waals surface area contributed by atoms with Crippen LogP contribution in [0.15, 0.2) is 48.5 Å². The van der Waals surface area contributed by atoms with E-state index < -0.39 is 24.3 Å². The molecule has 0 spiro atoms. The molecule has 4 rings (SSSR count). The van der Waals surface area contributed by atoms with Crippen molar-refractivity contribution in [1.29, 1.82) is 0 Å². The van der Waals surface area contributed by atoms with Crippen LogP contribution in [0.3, 0.4) is 0 Å². The van der Waals surface area contributed by atoms with Crippen molar-refractivity contribution in [1.82, 2.24) is 0 Å². The highest BCUT2D eigenvalue weighted by Gasteiger charge is 2.29. The maximum atomic E-state index is 15.1. The molecule has 1 aliphatic carbocycles. The summed E-state index contributed by atoms with van der Waals surface area (Å²) in [6, 6.07) is 12.7. The molecule has 0 saturated heterocycles. The first-order valence-corrected chi connectivity index (χ1v) is 12.5. The smallest absolute Gasteiger partial charge is 0.422 e. The number of halogens is 5. The zero-order valence-electron chi connectivity index (χ0n) is 19.9. The minimum atomic E-state index is -4.55. The van der Waals surface area contributed by atoms with Gasteiger partial charge in [0.05, 0.1) is 0 Å². The predicted octanol–water partition coefficient (Wildman–Crippen LogP) is 9.58. The number of fused-ring (bicyclic) bond motifs is 1. The third-order valence-corrected chi connectivity index (χ3v) is 7.15. The van der Waals surface area contributed by atoms with Crippen molar-refractivity contribution in [3.05, 3.63) is 65.7 Å². The Morgan fingerprint density at radius 2 is 1.66 bits per heavy atom. The van der Waals surface area contributed by atoms with E-state index in [0.29, 0.717) is 22.4 Å². The van der Waals surface area contributed by atoms with Gasteiger partial charge in [-0.05, 0) is 72.2 Å². The first-order valence-electron chi connectivity index (χ1n) is 12.5. The third kappa shape index (κ3) is 6.33. The van der Waals surface area contributed by atoms with E-state index in [0.717, 1.165) is 24.3 Å². The lowest BCUT2D eigenvalue weighted by atomic mass is 9.77. The maximum absolute atomic E-state index is 15.1. The molecule has 188 valence electrons. The molecule has 0 amide bonds. The molecule has 1 aliphatic rings. The molecule has 35 heavy (non-hydrogen) atoms. The van der Waals surface area contributed by atoms with Crippen molar-refractivity contribution in [2.75, 3.05) is 6.61 Å². The average Bonchev–Trinajstić information content (AvgIpc) is 2.83. The monoisotopic (exact) mass is 490 g/mol. The van der Waals surface area contributed by atoms with Crippen LogP contribution in [0.4, 0.5) is 22.0 Å². The van der Waals surface area contributed by atoms with Crippen molar-refractivity contribution in [2.24, 2.45) is 5.92 Å². The summed E-state index contributed by atoms with van der Waals surface area (Å²) in [4.78, 5) is 0. The molecular formula is C29H31F5O. The highest BCUT2D eigenvalue weighted by atomic mass is 19.4. The molecule has 1 nitrogen and oxygen atoms in total. The quantitative estimate of drug-likeness (QED) is 0.226. The van der Waals surface area contributed by atoms with Gasteiger partial charge in [-0.2, -0.15) is 13.2 Å². The Bertz CT molecular complexity index is 1150. The van der Waals surface area contributed by atoms with Gasteiger partial charge in [-0.1, -0.05) is 62.9 Å². The lowest BCUT2D eigenvalue weighted by molar-refractivity contribution is -0.153. The normalized spacial score (nSPS) is 18.7. The van der Waals surface area contributed by atoms with Gasteiger partial charge in [0.15, 0.2) is 18.2 Å². The molecule has 0 atom stereocenters. The molecule has 1 fully saturated rings. The summed E-state index contributed by atoms with van der Waals surface area (Å²) in [6.07, 6.45) is 5.14.